The van der Waals surface area contributed by atoms with Crippen molar-refractivity contribution in [2.75, 3.05) is 6.61 Å². The van der Waals surface area contributed by atoms with Crippen LogP contribution in [0.3, 0.4) is 0 Å². The molecule has 0 fully saturated rings. The van der Waals surface area contributed by atoms with Crippen LogP contribution >= 0.6 is 0 Å². The molecule has 0 aliphatic carbocycles. The highest BCUT2D eigenvalue weighted by Gasteiger charge is 2.20. The minimum atomic E-state index is -0.0944. The quantitative estimate of drug-likeness (QED) is 0.501. The van der Waals surface area contributed by atoms with E-state index in [2.05, 4.69) is 0 Å². The van der Waals surface area contributed by atoms with Gasteiger partial charge in [-0.1, -0.05) is 32.4 Å². The lowest BCUT2D eigenvalue weighted by Gasteiger charge is -2.16. The molecule has 14 heavy (non-hydrogen) atoms. The average Bonchev–Trinajstić information content (AvgIpc) is 2.09. The van der Waals surface area contributed by atoms with Gasteiger partial charge in [0.15, 0.2) is 0 Å². The van der Waals surface area contributed by atoms with Crippen LogP contribution in [0.15, 0.2) is 11.6 Å². The summed E-state index contributed by atoms with van der Waals surface area (Å²) < 4.78 is 5.13. The zero-order valence-corrected chi connectivity index (χ0v) is 9.96. The van der Waals surface area contributed by atoms with E-state index in [1.165, 1.54) is 0 Å². The molecule has 0 bridgehead atoms. The predicted octanol–water partition coefficient (Wildman–Crippen LogP) is 3.18. The molecule has 0 radical (unpaired) electrons. The molecule has 2 nitrogen and oxygen atoms in total. The fraction of sp³-hybridized carbons (Fsp3) is 0.750. The van der Waals surface area contributed by atoms with Gasteiger partial charge in [0.05, 0.1) is 12.5 Å². The minimum Gasteiger partial charge on any atom is -0.465 e. The van der Waals surface area contributed by atoms with Crippen molar-refractivity contribution >= 4 is 5.97 Å². The van der Waals surface area contributed by atoms with Crippen molar-refractivity contribution in [3.8, 4) is 0 Å². The lowest BCUT2D eigenvalue weighted by molar-refractivity contribution is -0.148. The third kappa shape index (κ3) is 5.05. The van der Waals surface area contributed by atoms with Gasteiger partial charge in [0.1, 0.15) is 0 Å². The highest BCUT2D eigenvalue weighted by atomic mass is 16.5. The van der Waals surface area contributed by atoms with Gasteiger partial charge in [-0.05, 0) is 26.2 Å². The van der Waals surface area contributed by atoms with E-state index < -0.39 is 0 Å². The van der Waals surface area contributed by atoms with Crippen molar-refractivity contribution in [3.63, 3.8) is 0 Å². The van der Waals surface area contributed by atoms with Gasteiger partial charge in [0.25, 0.3) is 0 Å². The van der Waals surface area contributed by atoms with E-state index in [1.54, 1.807) is 0 Å². The number of carbonyl (C=O) groups is 1. The fourth-order valence-corrected chi connectivity index (χ4v) is 1.19. The molecule has 1 atom stereocenters. The number of ether oxygens (including phenoxy) is 1. The Labute approximate surface area is 87.3 Å². The average molecular weight is 198 g/mol. The van der Waals surface area contributed by atoms with E-state index >= 15 is 0 Å². The Morgan fingerprint density at radius 3 is 2.29 bits per heavy atom. The van der Waals surface area contributed by atoms with Gasteiger partial charge in [-0.3, -0.25) is 4.79 Å². The normalized spacial score (nSPS) is 12.4. The number of hydrogen-bond acceptors (Lipinski definition) is 2. The summed E-state index contributed by atoms with van der Waals surface area (Å²) in [5, 5.41) is 0. The van der Waals surface area contributed by atoms with Crippen molar-refractivity contribution in [3.05, 3.63) is 11.6 Å². The molecule has 0 saturated heterocycles. The third-order valence-corrected chi connectivity index (χ3v) is 1.95. The van der Waals surface area contributed by atoms with Crippen molar-refractivity contribution in [2.24, 2.45) is 11.8 Å². The smallest absolute Gasteiger partial charge is 0.313 e. The molecule has 82 valence electrons. The number of carbonyl (C=O) groups excluding carboxylic acids is 1. The van der Waals surface area contributed by atoms with E-state index in [-0.39, 0.29) is 11.9 Å². The van der Waals surface area contributed by atoms with Crippen molar-refractivity contribution < 1.29 is 9.53 Å². The zero-order valence-electron chi connectivity index (χ0n) is 9.96. The summed E-state index contributed by atoms with van der Waals surface area (Å²) in [6.07, 6.45) is 2.87. The Bertz CT molecular complexity index is 200. The topological polar surface area (TPSA) is 26.3 Å². The summed E-state index contributed by atoms with van der Waals surface area (Å²) in [5.41, 5.74) is 1.16. The first-order valence-electron chi connectivity index (χ1n) is 5.30. The van der Waals surface area contributed by atoms with Crippen LogP contribution in [0, 0.1) is 11.8 Å². The minimum absolute atomic E-state index is 0.0912. The van der Waals surface area contributed by atoms with Gasteiger partial charge >= 0.3 is 5.97 Å². The van der Waals surface area contributed by atoms with Crippen LogP contribution in [-0.4, -0.2) is 12.6 Å². The van der Waals surface area contributed by atoms with E-state index in [9.17, 15) is 4.79 Å². The molecule has 0 heterocycles. The van der Waals surface area contributed by atoms with Crippen LogP contribution in [0.5, 0.6) is 0 Å². The molecule has 0 aromatic carbocycles. The van der Waals surface area contributed by atoms with Crippen LogP contribution < -0.4 is 0 Å². The first-order chi connectivity index (χ1) is 6.49. The molecule has 0 aliphatic rings. The maximum absolute atomic E-state index is 11.6. The molecule has 0 N–H and O–H groups in total. The maximum Gasteiger partial charge on any atom is 0.313 e. The second-order valence-electron chi connectivity index (χ2n) is 4.18. The monoisotopic (exact) mass is 198 g/mol. The van der Waals surface area contributed by atoms with Gasteiger partial charge in [0.2, 0.25) is 0 Å². The van der Waals surface area contributed by atoms with Crippen LogP contribution in [-0.2, 0) is 9.53 Å². The fourth-order valence-electron chi connectivity index (χ4n) is 1.19. The molecule has 2 heteroatoms. The molecular formula is C12H22O2. The maximum atomic E-state index is 11.6. The SMILES string of the molecule is CCCOC(=O)C(C=C(C)C)C(C)C. The lowest BCUT2D eigenvalue weighted by atomic mass is 9.94. The first kappa shape index (κ1) is 13.2. The molecule has 0 aromatic heterocycles. The second kappa shape index (κ2) is 6.63. The summed E-state index contributed by atoms with van der Waals surface area (Å²) >= 11 is 0. The molecule has 0 amide bonds. The Morgan fingerprint density at radius 2 is 1.93 bits per heavy atom. The van der Waals surface area contributed by atoms with Crippen LogP contribution in [0.2, 0.25) is 0 Å². The Balaban J connectivity index is 4.35. The highest BCUT2D eigenvalue weighted by Crippen LogP contribution is 2.16. The summed E-state index contributed by atoms with van der Waals surface area (Å²) in [6.45, 7) is 10.6. The van der Waals surface area contributed by atoms with Crippen molar-refractivity contribution in [1.82, 2.24) is 0 Å². The number of esters is 1. The van der Waals surface area contributed by atoms with Crippen LogP contribution in [0.25, 0.3) is 0 Å². The summed E-state index contributed by atoms with van der Waals surface area (Å²) in [5.74, 6) is 0.115. The van der Waals surface area contributed by atoms with E-state index in [1.807, 2.05) is 40.7 Å². The molecular weight excluding hydrogens is 176 g/mol. The highest BCUT2D eigenvalue weighted by molar-refractivity contribution is 5.74. The first-order valence-corrected chi connectivity index (χ1v) is 5.30. The van der Waals surface area contributed by atoms with Crippen LogP contribution in [0.1, 0.15) is 41.0 Å². The van der Waals surface area contributed by atoms with Gasteiger partial charge in [-0.25, -0.2) is 0 Å². The molecule has 0 aliphatic heterocycles. The van der Waals surface area contributed by atoms with Gasteiger partial charge in [-0.15, -0.1) is 0 Å². The number of rotatable bonds is 5. The standard InChI is InChI=1S/C12H22O2/c1-6-7-14-12(13)11(10(4)5)8-9(2)3/h8,10-11H,6-7H2,1-5H3. The number of hydrogen-bond donors (Lipinski definition) is 0. The van der Waals surface area contributed by atoms with E-state index in [4.69, 9.17) is 4.74 Å². The van der Waals surface area contributed by atoms with E-state index in [0.717, 1.165) is 12.0 Å². The van der Waals surface area contributed by atoms with Gasteiger partial charge in [0, 0.05) is 0 Å². The van der Waals surface area contributed by atoms with Crippen molar-refractivity contribution in [2.45, 2.75) is 41.0 Å². The van der Waals surface area contributed by atoms with Gasteiger partial charge in [-0.2, -0.15) is 0 Å². The third-order valence-electron chi connectivity index (χ3n) is 1.95. The van der Waals surface area contributed by atoms with Gasteiger partial charge < -0.3 is 4.74 Å². The molecule has 0 aromatic rings. The molecule has 0 saturated carbocycles. The largest absolute Gasteiger partial charge is 0.465 e. The Morgan fingerprint density at radius 1 is 1.36 bits per heavy atom. The summed E-state index contributed by atoms with van der Waals surface area (Å²) in [6, 6.07) is 0. The zero-order chi connectivity index (χ0) is 11.1. The lowest BCUT2D eigenvalue weighted by Crippen LogP contribution is -2.21. The summed E-state index contributed by atoms with van der Waals surface area (Å²) in [4.78, 5) is 11.6. The molecule has 1 unspecified atom stereocenters. The van der Waals surface area contributed by atoms with E-state index in [0.29, 0.717) is 12.5 Å². The predicted molar refractivity (Wildman–Crippen MR) is 59.0 cm³/mol. The Hall–Kier alpha value is -0.790. The molecule has 0 spiro atoms. The summed E-state index contributed by atoms with van der Waals surface area (Å²) in [7, 11) is 0. The molecule has 0 rings (SSSR count). The second-order valence-corrected chi connectivity index (χ2v) is 4.18. The Kier molecular flexibility index (Phi) is 6.26. The van der Waals surface area contributed by atoms with Crippen molar-refractivity contribution in [1.29, 1.82) is 0 Å². The number of allylic oxidation sites excluding steroid dienone is 1. The van der Waals surface area contributed by atoms with Crippen LogP contribution in [0.4, 0.5) is 0 Å².